The SMILES string of the molecule is CN(CC/C(N)=N/O)S(=O)(=O)N1CCCCCC1. The lowest BCUT2D eigenvalue weighted by molar-refractivity contribution is 0.315. The Morgan fingerprint density at radius 3 is 2.39 bits per heavy atom. The highest BCUT2D eigenvalue weighted by molar-refractivity contribution is 7.86. The maximum atomic E-state index is 12.2. The van der Waals surface area contributed by atoms with Gasteiger partial charge in [-0.1, -0.05) is 18.0 Å². The summed E-state index contributed by atoms with van der Waals surface area (Å²) in [4.78, 5) is 0. The zero-order chi connectivity index (χ0) is 13.6. The molecule has 0 aromatic rings. The van der Waals surface area contributed by atoms with E-state index in [9.17, 15) is 8.42 Å². The molecule has 1 heterocycles. The highest BCUT2D eigenvalue weighted by Crippen LogP contribution is 2.15. The van der Waals surface area contributed by atoms with Crippen molar-refractivity contribution in [2.75, 3.05) is 26.7 Å². The van der Waals surface area contributed by atoms with Crippen molar-refractivity contribution in [2.45, 2.75) is 32.1 Å². The van der Waals surface area contributed by atoms with E-state index in [0.29, 0.717) is 13.1 Å². The van der Waals surface area contributed by atoms with E-state index in [0.717, 1.165) is 25.7 Å². The van der Waals surface area contributed by atoms with Gasteiger partial charge in [-0.15, -0.1) is 0 Å². The Balaban J connectivity index is 2.60. The molecule has 0 radical (unpaired) electrons. The number of nitrogens with zero attached hydrogens (tertiary/aromatic N) is 3. The fourth-order valence-electron chi connectivity index (χ4n) is 1.91. The van der Waals surface area contributed by atoms with Gasteiger partial charge >= 0.3 is 0 Å². The smallest absolute Gasteiger partial charge is 0.281 e. The van der Waals surface area contributed by atoms with Crippen LogP contribution in [0, 0.1) is 0 Å². The Labute approximate surface area is 108 Å². The average molecular weight is 278 g/mol. The van der Waals surface area contributed by atoms with Crippen LogP contribution in [0.3, 0.4) is 0 Å². The van der Waals surface area contributed by atoms with Crippen LogP contribution in [-0.4, -0.2) is 54.8 Å². The van der Waals surface area contributed by atoms with Crippen LogP contribution in [0.25, 0.3) is 0 Å². The Bertz CT molecular complexity index is 375. The summed E-state index contributed by atoms with van der Waals surface area (Å²) in [6, 6.07) is 0. The van der Waals surface area contributed by atoms with Crippen LogP contribution in [0.5, 0.6) is 0 Å². The molecule has 0 aromatic heterocycles. The highest BCUT2D eigenvalue weighted by Gasteiger charge is 2.27. The third-order valence-electron chi connectivity index (χ3n) is 3.10. The molecule has 0 saturated carbocycles. The molecular formula is C10H22N4O3S. The van der Waals surface area contributed by atoms with E-state index in [1.54, 1.807) is 0 Å². The van der Waals surface area contributed by atoms with E-state index in [1.807, 2.05) is 0 Å². The van der Waals surface area contributed by atoms with Gasteiger partial charge in [0, 0.05) is 33.1 Å². The molecule has 1 aliphatic heterocycles. The first-order valence-electron chi connectivity index (χ1n) is 6.16. The summed E-state index contributed by atoms with van der Waals surface area (Å²) < 4.78 is 27.3. The zero-order valence-electron chi connectivity index (χ0n) is 10.7. The van der Waals surface area contributed by atoms with Gasteiger partial charge in [0.25, 0.3) is 10.2 Å². The van der Waals surface area contributed by atoms with Gasteiger partial charge in [0.15, 0.2) is 0 Å². The third kappa shape index (κ3) is 4.11. The molecule has 7 nitrogen and oxygen atoms in total. The van der Waals surface area contributed by atoms with Crippen molar-refractivity contribution in [3.63, 3.8) is 0 Å². The first kappa shape index (κ1) is 15.2. The minimum absolute atomic E-state index is 0.0351. The quantitative estimate of drug-likeness (QED) is 0.324. The van der Waals surface area contributed by atoms with Crippen LogP contribution in [0.2, 0.25) is 0 Å². The molecule has 0 spiro atoms. The Morgan fingerprint density at radius 1 is 1.33 bits per heavy atom. The summed E-state index contributed by atoms with van der Waals surface area (Å²) in [6.07, 6.45) is 4.21. The van der Waals surface area contributed by atoms with E-state index < -0.39 is 10.2 Å². The third-order valence-corrected chi connectivity index (χ3v) is 5.08. The first-order valence-corrected chi connectivity index (χ1v) is 7.56. The van der Waals surface area contributed by atoms with Gasteiger partial charge in [-0.2, -0.15) is 17.0 Å². The molecule has 106 valence electrons. The molecule has 0 aliphatic carbocycles. The second kappa shape index (κ2) is 6.91. The summed E-state index contributed by atoms with van der Waals surface area (Å²) in [5, 5.41) is 11.3. The van der Waals surface area contributed by atoms with Gasteiger partial charge in [0.1, 0.15) is 5.84 Å². The molecule has 1 aliphatic rings. The van der Waals surface area contributed by atoms with Crippen LogP contribution in [-0.2, 0) is 10.2 Å². The maximum Gasteiger partial charge on any atom is 0.281 e. The molecule has 1 fully saturated rings. The molecular weight excluding hydrogens is 256 g/mol. The van der Waals surface area contributed by atoms with Gasteiger partial charge in [0.05, 0.1) is 0 Å². The van der Waals surface area contributed by atoms with Crippen LogP contribution >= 0.6 is 0 Å². The second-order valence-electron chi connectivity index (χ2n) is 4.48. The zero-order valence-corrected chi connectivity index (χ0v) is 11.6. The number of oxime groups is 1. The van der Waals surface area contributed by atoms with Crippen molar-refractivity contribution in [3.05, 3.63) is 0 Å². The van der Waals surface area contributed by atoms with E-state index >= 15 is 0 Å². The maximum absolute atomic E-state index is 12.2. The van der Waals surface area contributed by atoms with Gasteiger partial charge in [-0.3, -0.25) is 0 Å². The summed E-state index contributed by atoms with van der Waals surface area (Å²) >= 11 is 0. The Kier molecular flexibility index (Phi) is 5.83. The van der Waals surface area contributed by atoms with Crippen LogP contribution in [0.1, 0.15) is 32.1 Å². The van der Waals surface area contributed by atoms with Crippen LogP contribution in [0.4, 0.5) is 0 Å². The second-order valence-corrected chi connectivity index (χ2v) is 6.52. The molecule has 0 atom stereocenters. The predicted octanol–water partition coefficient (Wildman–Crippen LogP) is 0.176. The molecule has 1 saturated heterocycles. The van der Waals surface area contributed by atoms with Gasteiger partial charge in [0.2, 0.25) is 0 Å². The molecule has 0 unspecified atom stereocenters. The van der Waals surface area contributed by atoms with E-state index in [2.05, 4.69) is 5.16 Å². The largest absolute Gasteiger partial charge is 0.409 e. The van der Waals surface area contributed by atoms with Crippen LogP contribution in [0.15, 0.2) is 5.16 Å². The Hall–Kier alpha value is -0.860. The summed E-state index contributed by atoms with van der Waals surface area (Å²) in [7, 11) is -1.90. The molecule has 0 aromatic carbocycles. The minimum Gasteiger partial charge on any atom is -0.409 e. The normalized spacial score (nSPS) is 20.0. The minimum atomic E-state index is -3.41. The lowest BCUT2D eigenvalue weighted by Gasteiger charge is -2.26. The summed E-state index contributed by atoms with van der Waals surface area (Å²) in [6.45, 7) is 1.38. The fraction of sp³-hybridized carbons (Fsp3) is 0.900. The van der Waals surface area contributed by atoms with Crippen molar-refractivity contribution in [2.24, 2.45) is 10.9 Å². The number of rotatable bonds is 5. The van der Waals surface area contributed by atoms with E-state index in [-0.39, 0.29) is 18.8 Å². The van der Waals surface area contributed by atoms with Gasteiger partial charge in [-0.25, -0.2) is 0 Å². The molecule has 18 heavy (non-hydrogen) atoms. The lowest BCUT2D eigenvalue weighted by Crippen LogP contribution is -2.43. The van der Waals surface area contributed by atoms with Crippen molar-refractivity contribution >= 4 is 16.0 Å². The number of amidine groups is 1. The van der Waals surface area contributed by atoms with Crippen LogP contribution < -0.4 is 5.73 Å². The predicted molar refractivity (Wildman–Crippen MR) is 69.6 cm³/mol. The van der Waals surface area contributed by atoms with E-state index in [1.165, 1.54) is 15.7 Å². The first-order chi connectivity index (χ1) is 8.48. The number of hydrogen-bond donors (Lipinski definition) is 2. The molecule has 8 heteroatoms. The number of hydrogen-bond acceptors (Lipinski definition) is 4. The van der Waals surface area contributed by atoms with Crippen molar-refractivity contribution in [3.8, 4) is 0 Å². The monoisotopic (exact) mass is 278 g/mol. The highest BCUT2D eigenvalue weighted by atomic mass is 32.2. The fourth-order valence-corrected chi connectivity index (χ4v) is 3.34. The standard InChI is InChI=1S/C10H22N4O3S/c1-13(9-6-10(11)12-15)18(16,17)14-7-4-2-3-5-8-14/h15H,2-9H2,1H3,(H2,11,12). The van der Waals surface area contributed by atoms with Gasteiger partial charge < -0.3 is 10.9 Å². The van der Waals surface area contributed by atoms with E-state index in [4.69, 9.17) is 10.9 Å². The summed E-state index contributed by atoms with van der Waals surface area (Å²) in [5.74, 6) is 0.0351. The lowest BCUT2D eigenvalue weighted by atomic mass is 10.2. The van der Waals surface area contributed by atoms with Gasteiger partial charge in [-0.05, 0) is 12.8 Å². The Morgan fingerprint density at radius 2 is 1.89 bits per heavy atom. The molecule has 0 amide bonds. The molecule has 1 rings (SSSR count). The summed E-state index contributed by atoms with van der Waals surface area (Å²) in [5.41, 5.74) is 5.33. The van der Waals surface area contributed by atoms with Crippen molar-refractivity contribution in [1.82, 2.24) is 8.61 Å². The van der Waals surface area contributed by atoms with Crippen molar-refractivity contribution < 1.29 is 13.6 Å². The topological polar surface area (TPSA) is 99.2 Å². The number of nitrogens with two attached hydrogens (primary N) is 1. The van der Waals surface area contributed by atoms with Crippen molar-refractivity contribution in [1.29, 1.82) is 0 Å². The molecule has 0 bridgehead atoms. The molecule has 3 N–H and O–H groups in total. The average Bonchev–Trinajstić information content (AvgIpc) is 2.64.